The van der Waals surface area contributed by atoms with Gasteiger partial charge in [-0.15, -0.1) is 11.6 Å². The lowest BCUT2D eigenvalue weighted by Gasteiger charge is -2.26. The largest absolute Gasteiger partial charge is 0.376 e. The van der Waals surface area contributed by atoms with Gasteiger partial charge in [-0.3, -0.25) is 0 Å². The van der Waals surface area contributed by atoms with E-state index in [-0.39, 0.29) is 0 Å². The van der Waals surface area contributed by atoms with Gasteiger partial charge in [-0.2, -0.15) is 0 Å². The number of likely N-dealkylation sites (N-methyl/N-ethyl adjacent to an activating group) is 1. The quantitative estimate of drug-likeness (QED) is 0.781. The van der Waals surface area contributed by atoms with Crippen molar-refractivity contribution in [3.05, 3.63) is 36.0 Å². The van der Waals surface area contributed by atoms with Crippen LogP contribution in [0.2, 0.25) is 0 Å². The first-order valence-electron chi connectivity index (χ1n) is 7.62. The highest BCUT2D eigenvalue weighted by Crippen LogP contribution is 2.29. The molecule has 0 saturated carbocycles. The Morgan fingerprint density at radius 2 is 2.14 bits per heavy atom. The molecule has 1 fully saturated rings. The maximum atomic E-state index is 6.04. The zero-order valence-electron chi connectivity index (χ0n) is 12.4. The van der Waals surface area contributed by atoms with Gasteiger partial charge >= 0.3 is 0 Å². The maximum absolute atomic E-state index is 6.04. The Kier molecular flexibility index (Phi) is 4.61. The van der Waals surface area contributed by atoms with Crippen LogP contribution in [-0.4, -0.2) is 30.8 Å². The molecule has 0 bridgehead atoms. The van der Waals surface area contributed by atoms with Crippen molar-refractivity contribution in [2.75, 3.05) is 24.6 Å². The molecule has 3 nitrogen and oxygen atoms in total. The molecule has 21 heavy (non-hydrogen) atoms. The Bertz CT molecular complexity index is 611. The Morgan fingerprint density at radius 1 is 1.33 bits per heavy atom. The Hall–Kier alpha value is -1.32. The van der Waals surface area contributed by atoms with E-state index in [4.69, 9.17) is 16.3 Å². The number of hydrogen-bond donors (Lipinski definition) is 0. The third-order valence-electron chi connectivity index (χ3n) is 4.13. The number of halogens is 1. The molecule has 0 aliphatic carbocycles. The van der Waals surface area contributed by atoms with Gasteiger partial charge in [0.2, 0.25) is 0 Å². The molecule has 2 aromatic rings. The highest BCUT2D eigenvalue weighted by Gasteiger charge is 2.20. The first-order valence-corrected chi connectivity index (χ1v) is 8.16. The zero-order chi connectivity index (χ0) is 14.7. The van der Waals surface area contributed by atoms with E-state index in [2.05, 4.69) is 41.1 Å². The summed E-state index contributed by atoms with van der Waals surface area (Å²) < 4.78 is 5.77. The normalized spacial score (nSPS) is 18.3. The van der Waals surface area contributed by atoms with Gasteiger partial charge in [0, 0.05) is 37.2 Å². The smallest absolute Gasteiger partial charge is 0.136 e. The summed E-state index contributed by atoms with van der Waals surface area (Å²) in [5.41, 5.74) is 1.09. The van der Waals surface area contributed by atoms with Crippen molar-refractivity contribution in [1.82, 2.24) is 4.98 Å². The summed E-state index contributed by atoms with van der Waals surface area (Å²) in [5.74, 6) is 1.53. The summed E-state index contributed by atoms with van der Waals surface area (Å²) in [4.78, 5) is 6.99. The molecular weight excluding hydrogens is 284 g/mol. The van der Waals surface area contributed by atoms with E-state index >= 15 is 0 Å². The minimum Gasteiger partial charge on any atom is -0.376 e. The molecule has 0 amide bonds. The summed E-state index contributed by atoms with van der Waals surface area (Å²) in [6.07, 6.45) is 4.55. The number of aromatic nitrogens is 1. The summed E-state index contributed by atoms with van der Waals surface area (Å²) in [6.45, 7) is 4.90. The Labute approximate surface area is 130 Å². The van der Waals surface area contributed by atoms with E-state index < -0.39 is 0 Å². The monoisotopic (exact) mass is 304 g/mol. The highest BCUT2D eigenvalue weighted by molar-refractivity contribution is 6.18. The number of nitrogens with zero attached hydrogens (tertiary/aromatic N) is 2. The lowest BCUT2D eigenvalue weighted by atomic mass is 10.1. The minimum atomic E-state index is 0.332. The van der Waals surface area contributed by atoms with E-state index in [0.717, 1.165) is 37.5 Å². The molecule has 1 saturated heterocycles. The second kappa shape index (κ2) is 6.63. The molecule has 3 rings (SSSR count). The number of anilines is 1. The van der Waals surface area contributed by atoms with Crippen molar-refractivity contribution >= 4 is 28.2 Å². The van der Waals surface area contributed by atoms with Crippen LogP contribution >= 0.6 is 11.6 Å². The lowest BCUT2D eigenvalue weighted by Crippen LogP contribution is -2.32. The van der Waals surface area contributed by atoms with E-state index in [1.54, 1.807) is 0 Å². The van der Waals surface area contributed by atoms with E-state index in [0.29, 0.717) is 12.0 Å². The number of fused-ring (bicyclic) bond motifs is 1. The van der Waals surface area contributed by atoms with Crippen LogP contribution in [0.1, 0.15) is 25.3 Å². The Morgan fingerprint density at radius 3 is 2.81 bits per heavy atom. The third-order valence-corrected chi connectivity index (χ3v) is 4.42. The second-order valence-corrected chi connectivity index (χ2v) is 5.73. The number of rotatable bonds is 5. The molecule has 4 heteroatoms. The van der Waals surface area contributed by atoms with E-state index in [1.165, 1.54) is 17.2 Å². The number of ether oxygens (including phenoxy) is 1. The zero-order valence-corrected chi connectivity index (χ0v) is 13.1. The van der Waals surface area contributed by atoms with Crippen LogP contribution in [-0.2, 0) is 10.6 Å². The fourth-order valence-electron chi connectivity index (χ4n) is 2.99. The predicted octanol–water partition coefficient (Wildman–Crippen LogP) is 3.98. The maximum Gasteiger partial charge on any atom is 0.136 e. The molecule has 2 heterocycles. The first-order chi connectivity index (χ1) is 10.3. The van der Waals surface area contributed by atoms with Gasteiger partial charge < -0.3 is 9.64 Å². The topological polar surface area (TPSA) is 25.4 Å². The van der Waals surface area contributed by atoms with Crippen molar-refractivity contribution in [1.29, 1.82) is 0 Å². The molecule has 1 aliphatic rings. The SMILES string of the molecule is CCN(CC1CCCO1)c1ncc(CCl)c2ccccc12. The molecule has 1 unspecified atom stereocenters. The summed E-state index contributed by atoms with van der Waals surface area (Å²) in [5, 5.41) is 2.37. The van der Waals surface area contributed by atoms with Gasteiger partial charge in [-0.05, 0) is 30.7 Å². The fourth-order valence-corrected chi connectivity index (χ4v) is 3.21. The molecule has 0 spiro atoms. The molecule has 112 valence electrons. The van der Waals surface area contributed by atoms with Gasteiger partial charge in [0.1, 0.15) is 5.82 Å². The first kappa shape index (κ1) is 14.6. The van der Waals surface area contributed by atoms with Crippen molar-refractivity contribution in [3.63, 3.8) is 0 Å². The molecule has 1 aromatic carbocycles. The van der Waals surface area contributed by atoms with Crippen LogP contribution in [0.5, 0.6) is 0 Å². The summed E-state index contributed by atoms with van der Waals surface area (Å²) in [6, 6.07) is 8.37. The van der Waals surface area contributed by atoms with Crippen molar-refractivity contribution in [3.8, 4) is 0 Å². The van der Waals surface area contributed by atoms with Crippen LogP contribution in [0.25, 0.3) is 10.8 Å². The van der Waals surface area contributed by atoms with Gasteiger partial charge in [0.05, 0.1) is 6.10 Å². The predicted molar refractivity (Wildman–Crippen MR) is 88.2 cm³/mol. The van der Waals surface area contributed by atoms with Crippen molar-refractivity contribution < 1.29 is 4.74 Å². The van der Waals surface area contributed by atoms with Crippen molar-refractivity contribution in [2.45, 2.75) is 31.7 Å². The van der Waals surface area contributed by atoms with Gasteiger partial charge in [0.15, 0.2) is 0 Å². The van der Waals surface area contributed by atoms with Crippen LogP contribution < -0.4 is 4.90 Å². The summed E-state index contributed by atoms with van der Waals surface area (Å²) in [7, 11) is 0. The number of pyridine rings is 1. The molecule has 1 aromatic heterocycles. The Balaban J connectivity index is 1.97. The molecule has 0 N–H and O–H groups in total. The van der Waals surface area contributed by atoms with Gasteiger partial charge in [-0.25, -0.2) is 4.98 Å². The van der Waals surface area contributed by atoms with Gasteiger partial charge in [0.25, 0.3) is 0 Å². The number of benzene rings is 1. The van der Waals surface area contributed by atoms with Crippen LogP contribution in [0.3, 0.4) is 0 Å². The van der Waals surface area contributed by atoms with Crippen molar-refractivity contribution in [2.24, 2.45) is 0 Å². The molecular formula is C17H21ClN2O. The second-order valence-electron chi connectivity index (χ2n) is 5.46. The van der Waals surface area contributed by atoms with E-state index in [9.17, 15) is 0 Å². The molecule has 1 aliphatic heterocycles. The third kappa shape index (κ3) is 2.99. The van der Waals surface area contributed by atoms with Gasteiger partial charge in [-0.1, -0.05) is 24.3 Å². The molecule has 1 atom stereocenters. The molecule has 0 radical (unpaired) electrons. The summed E-state index contributed by atoms with van der Waals surface area (Å²) >= 11 is 6.04. The van der Waals surface area contributed by atoms with Crippen LogP contribution in [0.15, 0.2) is 30.5 Å². The number of alkyl halides is 1. The van der Waals surface area contributed by atoms with Crippen LogP contribution in [0.4, 0.5) is 5.82 Å². The fraction of sp³-hybridized carbons (Fsp3) is 0.471. The standard InChI is InChI=1S/C17H21ClN2O/c1-2-20(12-14-6-5-9-21-14)17-16-8-4-3-7-15(16)13(10-18)11-19-17/h3-4,7-8,11,14H,2,5-6,9-10,12H2,1H3. The lowest BCUT2D eigenvalue weighted by molar-refractivity contribution is 0.115. The average Bonchev–Trinajstić information content (AvgIpc) is 3.05. The minimum absolute atomic E-state index is 0.332. The number of hydrogen-bond acceptors (Lipinski definition) is 3. The highest BCUT2D eigenvalue weighted by atomic mass is 35.5. The van der Waals surface area contributed by atoms with Crippen LogP contribution in [0, 0.1) is 0 Å². The average molecular weight is 305 g/mol. The van der Waals surface area contributed by atoms with E-state index in [1.807, 2.05) is 6.20 Å².